The third-order valence-electron chi connectivity index (χ3n) is 7.48. The Morgan fingerprint density at radius 2 is 1.64 bits per heavy atom. The van der Waals surface area contributed by atoms with Gasteiger partial charge in [0.25, 0.3) is 5.89 Å². The van der Waals surface area contributed by atoms with Crippen LogP contribution in [-0.2, 0) is 4.74 Å². The number of nitrogens with zero attached hydrogens (tertiary/aromatic N) is 7. The van der Waals surface area contributed by atoms with Gasteiger partial charge in [-0.05, 0) is 42.5 Å². The Morgan fingerprint density at radius 1 is 0.795 bits per heavy atom. The van der Waals surface area contributed by atoms with Gasteiger partial charge in [0.15, 0.2) is 4.96 Å². The van der Waals surface area contributed by atoms with E-state index < -0.39 is 0 Å². The van der Waals surface area contributed by atoms with Gasteiger partial charge in [0, 0.05) is 58.9 Å². The van der Waals surface area contributed by atoms with Crippen LogP contribution >= 0.6 is 11.3 Å². The molecule has 0 unspecified atom stereocenters. The largest absolute Gasteiger partial charge is 0.378 e. The maximum Gasteiger partial charge on any atom is 0.258 e. The van der Waals surface area contributed by atoms with Crippen molar-refractivity contribution >= 4 is 33.6 Å². The number of hydrogen-bond acceptors (Lipinski definition) is 10. The first-order valence-corrected chi connectivity index (χ1v) is 15.2. The normalized spacial score (nSPS) is 13.4. The van der Waals surface area contributed by atoms with Crippen LogP contribution in [0.3, 0.4) is 0 Å². The van der Waals surface area contributed by atoms with Crippen LogP contribution in [0.15, 0.2) is 107 Å². The molecule has 1 aliphatic heterocycles. The summed E-state index contributed by atoms with van der Waals surface area (Å²) in [7, 11) is 0. The number of benzene rings is 3. The van der Waals surface area contributed by atoms with E-state index in [4.69, 9.17) is 19.2 Å². The Labute approximate surface area is 256 Å². The average Bonchev–Trinajstić information content (AvgIpc) is 3.83. The minimum Gasteiger partial charge on any atom is -0.378 e. The third kappa shape index (κ3) is 5.08. The fraction of sp³-hybridized carbons (Fsp3) is 0.121. The molecule has 0 bridgehead atoms. The highest BCUT2D eigenvalue weighted by molar-refractivity contribution is 7.15. The van der Waals surface area contributed by atoms with Gasteiger partial charge in [0.1, 0.15) is 5.69 Å². The lowest BCUT2D eigenvalue weighted by Crippen LogP contribution is -2.36. The number of imidazole rings is 1. The van der Waals surface area contributed by atoms with Crippen molar-refractivity contribution in [1.29, 1.82) is 0 Å². The minimum atomic E-state index is 0.477. The molecule has 1 fully saturated rings. The molecule has 1 N–H and O–H groups in total. The lowest BCUT2D eigenvalue weighted by Gasteiger charge is -2.29. The van der Waals surface area contributed by atoms with Crippen LogP contribution in [0.1, 0.15) is 0 Å². The molecule has 1 aliphatic rings. The van der Waals surface area contributed by atoms with Gasteiger partial charge < -0.3 is 19.5 Å². The highest BCUT2D eigenvalue weighted by atomic mass is 32.1. The molecular weight excluding hydrogens is 572 g/mol. The molecule has 7 aromatic rings. The van der Waals surface area contributed by atoms with Gasteiger partial charge in [-0.2, -0.15) is 4.98 Å². The molecule has 0 saturated carbocycles. The van der Waals surface area contributed by atoms with Crippen molar-refractivity contribution in [1.82, 2.24) is 29.5 Å². The standard InChI is InChI=1S/C33H26N8O2S/c1-2-6-22(7-3-1)31-38-30(39-43-31)24-9-4-8-23(20-24)28-29(41-16-19-44-33(41)37-28)27-12-13-34-32(36-27)35-25-10-5-11-26(21-25)40-14-17-42-18-15-40/h1-13,16,19-21H,14-15,17-18H2,(H,34,35,36). The zero-order valence-corrected chi connectivity index (χ0v) is 24.3. The van der Waals surface area contributed by atoms with E-state index in [2.05, 4.69) is 41.9 Å². The molecular formula is C33H26N8O2S. The molecule has 5 heterocycles. The van der Waals surface area contributed by atoms with E-state index in [1.165, 1.54) is 0 Å². The van der Waals surface area contributed by atoms with Gasteiger partial charge in [0.2, 0.25) is 11.8 Å². The number of nitrogens with one attached hydrogen (secondary N) is 1. The molecule has 0 atom stereocenters. The van der Waals surface area contributed by atoms with Gasteiger partial charge in [-0.1, -0.05) is 47.6 Å². The summed E-state index contributed by atoms with van der Waals surface area (Å²) in [5.74, 6) is 1.50. The van der Waals surface area contributed by atoms with Gasteiger partial charge >= 0.3 is 0 Å². The Morgan fingerprint density at radius 3 is 2.55 bits per heavy atom. The molecule has 4 aromatic heterocycles. The number of anilines is 3. The van der Waals surface area contributed by atoms with Gasteiger partial charge in [0.05, 0.1) is 24.6 Å². The molecule has 0 spiro atoms. The van der Waals surface area contributed by atoms with Crippen molar-refractivity contribution in [2.75, 3.05) is 36.5 Å². The predicted molar refractivity (Wildman–Crippen MR) is 171 cm³/mol. The Hall–Kier alpha value is -5.39. The van der Waals surface area contributed by atoms with Crippen LogP contribution in [0.2, 0.25) is 0 Å². The van der Waals surface area contributed by atoms with E-state index in [9.17, 15) is 0 Å². The van der Waals surface area contributed by atoms with E-state index in [0.717, 1.165) is 76.4 Å². The van der Waals surface area contributed by atoms with Crippen LogP contribution in [0, 0.1) is 0 Å². The zero-order chi connectivity index (χ0) is 29.3. The first-order chi connectivity index (χ1) is 21.8. The summed E-state index contributed by atoms with van der Waals surface area (Å²) < 4.78 is 13.2. The summed E-state index contributed by atoms with van der Waals surface area (Å²) >= 11 is 1.57. The first-order valence-electron chi connectivity index (χ1n) is 14.3. The quantitative estimate of drug-likeness (QED) is 0.212. The predicted octanol–water partition coefficient (Wildman–Crippen LogP) is 6.82. The number of thiazole rings is 1. The summed E-state index contributed by atoms with van der Waals surface area (Å²) in [6, 6.07) is 28.0. The number of aromatic nitrogens is 6. The summed E-state index contributed by atoms with van der Waals surface area (Å²) in [6.07, 6.45) is 3.79. The van der Waals surface area contributed by atoms with Crippen LogP contribution in [0.5, 0.6) is 0 Å². The van der Waals surface area contributed by atoms with Crippen molar-refractivity contribution in [3.05, 3.63) is 103 Å². The molecule has 10 nitrogen and oxygen atoms in total. The maximum absolute atomic E-state index is 5.57. The maximum atomic E-state index is 5.57. The van der Waals surface area contributed by atoms with Crippen LogP contribution in [0.4, 0.5) is 17.3 Å². The Kier molecular flexibility index (Phi) is 6.78. The highest BCUT2D eigenvalue weighted by Crippen LogP contribution is 2.35. The number of fused-ring (bicyclic) bond motifs is 1. The molecule has 0 radical (unpaired) electrons. The SMILES string of the molecule is c1ccc(-c2nc(-c3cccc(-c4nc5sccn5c4-c4ccnc(Nc5cccc(N6CCOCC6)c5)n4)c3)no2)cc1. The van der Waals surface area contributed by atoms with Crippen molar-refractivity contribution < 1.29 is 9.26 Å². The molecule has 44 heavy (non-hydrogen) atoms. The average molecular weight is 599 g/mol. The summed E-state index contributed by atoms with van der Waals surface area (Å²) in [4.78, 5) is 22.3. The lowest BCUT2D eigenvalue weighted by atomic mass is 10.0. The third-order valence-corrected chi connectivity index (χ3v) is 8.24. The van der Waals surface area contributed by atoms with Crippen molar-refractivity contribution in [2.45, 2.75) is 0 Å². The van der Waals surface area contributed by atoms with E-state index in [1.807, 2.05) is 84.4 Å². The first kappa shape index (κ1) is 26.3. The number of ether oxygens (including phenoxy) is 1. The smallest absolute Gasteiger partial charge is 0.258 e. The van der Waals surface area contributed by atoms with Crippen LogP contribution < -0.4 is 10.2 Å². The van der Waals surface area contributed by atoms with Crippen molar-refractivity contribution in [3.8, 4) is 45.5 Å². The number of morpholine rings is 1. The van der Waals surface area contributed by atoms with Crippen LogP contribution in [-0.4, -0.2) is 55.8 Å². The minimum absolute atomic E-state index is 0.477. The molecule has 11 heteroatoms. The highest BCUT2D eigenvalue weighted by Gasteiger charge is 2.20. The van der Waals surface area contributed by atoms with E-state index in [0.29, 0.717) is 17.7 Å². The van der Waals surface area contributed by atoms with E-state index in [-0.39, 0.29) is 0 Å². The topological polar surface area (TPSA) is 106 Å². The Balaban J connectivity index is 1.13. The summed E-state index contributed by atoms with van der Waals surface area (Å²) in [5, 5.41) is 9.67. The summed E-state index contributed by atoms with van der Waals surface area (Å²) in [6.45, 7) is 3.22. The molecule has 3 aromatic carbocycles. The molecule has 8 rings (SSSR count). The van der Waals surface area contributed by atoms with E-state index in [1.54, 1.807) is 17.5 Å². The monoisotopic (exact) mass is 598 g/mol. The zero-order valence-electron chi connectivity index (χ0n) is 23.5. The van der Waals surface area contributed by atoms with Crippen LogP contribution in [0.25, 0.3) is 50.4 Å². The molecule has 1 saturated heterocycles. The molecule has 0 amide bonds. The van der Waals surface area contributed by atoms with Gasteiger partial charge in [-0.25, -0.2) is 15.0 Å². The number of rotatable bonds is 7. The van der Waals surface area contributed by atoms with Gasteiger partial charge in [-0.3, -0.25) is 4.40 Å². The lowest BCUT2D eigenvalue weighted by molar-refractivity contribution is 0.122. The van der Waals surface area contributed by atoms with Gasteiger partial charge in [-0.15, -0.1) is 11.3 Å². The van der Waals surface area contributed by atoms with Crippen molar-refractivity contribution in [3.63, 3.8) is 0 Å². The van der Waals surface area contributed by atoms with E-state index >= 15 is 0 Å². The Bertz CT molecular complexity index is 2060. The van der Waals surface area contributed by atoms with Crippen molar-refractivity contribution in [2.24, 2.45) is 0 Å². The number of hydrogen-bond donors (Lipinski definition) is 1. The molecule has 0 aliphatic carbocycles. The fourth-order valence-electron chi connectivity index (χ4n) is 5.36. The summed E-state index contributed by atoms with van der Waals surface area (Å²) in [5.41, 5.74) is 7.14. The fourth-order valence-corrected chi connectivity index (χ4v) is 6.07. The molecule has 216 valence electrons. The second-order valence-electron chi connectivity index (χ2n) is 10.3. The second kappa shape index (κ2) is 11.4. The second-order valence-corrected chi connectivity index (χ2v) is 11.1.